The van der Waals surface area contributed by atoms with E-state index in [0.717, 1.165) is 37.3 Å². The molecule has 0 fully saturated rings. The minimum atomic E-state index is -0.190. The summed E-state index contributed by atoms with van der Waals surface area (Å²) in [6.45, 7) is 4.56. The number of halogens is 1. The van der Waals surface area contributed by atoms with Crippen LogP contribution < -0.4 is 5.32 Å². The summed E-state index contributed by atoms with van der Waals surface area (Å²) in [5.74, 6) is 0.769. The lowest BCUT2D eigenvalue weighted by Gasteiger charge is -2.06. The Labute approximate surface area is 112 Å². The monoisotopic (exact) mass is 262 g/mol. The molecule has 1 N–H and O–H groups in total. The number of aryl methyl sites for hydroxylation is 1. The van der Waals surface area contributed by atoms with Crippen LogP contribution in [0.5, 0.6) is 0 Å². The van der Waals surface area contributed by atoms with E-state index in [1.807, 2.05) is 16.8 Å². The Morgan fingerprint density at radius 1 is 1.26 bits per heavy atom. The van der Waals surface area contributed by atoms with Crippen LogP contribution in [0, 0.1) is 5.82 Å². The van der Waals surface area contributed by atoms with E-state index in [1.54, 1.807) is 6.33 Å². The lowest BCUT2D eigenvalue weighted by Crippen LogP contribution is -2.20. The lowest BCUT2D eigenvalue weighted by atomic mass is 10.1. The first kappa shape index (κ1) is 13.7. The molecule has 0 unspecified atom stereocenters. The van der Waals surface area contributed by atoms with Gasteiger partial charge in [0.25, 0.3) is 0 Å². The highest BCUT2D eigenvalue weighted by Crippen LogP contribution is 2.03. The summed E-state index contributed by atoms with van der Waals surface area (Å²) in [5.41, 5.74) is 1.13. The second kappa shape index (κ2) is 6.99. The van der Waals surface area contributed by atoms with E-state index in [2.05, 4.69) is 22.3 Å². The van der Waals surface area contributed by atoms with Crippen LogP contribution in [0.25, 0.3) is 0 Å². The highest BCUT2D eigenvalue weighted by molar-refractivity contribution is 5.16. The van der Waals surface area contributed by atoms with Crippen molar-refractivity contribution in [2.45, 2.75) is 32.9 Å². The molecular formula is C14H19FN4. The normalized spacial score (nSPS) is 10.8. The van der Waals surface area contributed by atoms with Crippen LogP contribution in [0.2, 0.25) is 0 Å². The zero-order valence-electron chi connectivity index (χ0n) is 11.1. The number of aromatic nitrogens is 3. The number of rotatable bonds is 7. The summed E-state index contributed by atoms with van der Waals surface area (Å²) < 4.78 is 14.7. The molecular weight excluding hydrogens is 243 g/mol. The Balaban J connectivity index is 1.74. The van der Waals surface area contributed by atoms with Crippen LogP contribution in [0.3, 0.4) is 0 Å². The maximum absolute atomic E-state index is 12.7. The van der Waals surface area contributed by atoms with Crippen LogP contribution >= 0.6 is 0 Å². The van der Waals surface area contributed by atoms with Crippen molar-refractivity contribution in [2.24, 2.45) is 0 Å². The fourth-order valence-corrected chi connectivity index (χ4v) is 1.91. The summed E-state index contributed by atoms with van der Waals surface area (Å²) in [6.07, 6.45) is 3.51. The van der Waals surface area contributed by atoms with Crippen LogP contribution in [0.4, 0.5) is 4.39 Å². The average molecular weight is 262 g/mol. The summed E-state index contributed by atoms with van der Waals surface area (Å²) in [5, 5.41) is 7.51. The molecule has 0 amide bonds. The van der Waals surface area contributed by atoms with Crippen LogP contribution in [0.1, 0.15) is 24.7 Å². The van der Waals surface area contributed by atoms with Gasteiger partial charge in [0.05, 0.1) is 6.54 Å². The van der Waals surface area contributed by atoms with Crippen molar-refractivity contribution < 1.29 is 4.39 Å². The zero-order valence-corrected chi connectivity index (χ0v) is 11.1. The first-order valence-electron chi connectivity index (χ1n) is 6.61. The number of benzene rings is 1. The zero-order chi connectivity index (χ0) is 13.5. The Hall–Kier alpha value is -1.75. The molecule has 0 bridgehead atoms. The minimum absolute atomic E-state index is 0.190. The van der Waals surface area contributed by atoms with Crippen molar-refractivity contribution in [3.8, 4) is 0 Å². The molecule has 1 heterocycles. The fraction of sp³-hybridized carbons (Fsp3) is 0.429. The lowest BCUT2D eigenvalue weighted by molar-refractivity contribution is 0.543. The van der Waals surface area contributed by atoms with Crippen LogP contribution in [-0.2, 0) is 19.5 Å². The van der Waals surface area contributed by atoms with Crippen molar-refractivity contribution in [3.63, 3.8) is 0 Å². The maximum atomic E-state index is 12.7. The second-order valence-corrected chi connectivity index (χ2v) is 4.45. The Morgan fingerprint density at radius 3 is 2.79 bits per heavy atom. The molecule has 2 rings (SSSR count). The van der Waals surface area contributed by atoms with Gasteiger partial charge in [-0.1, -0.05) is 19.1 Å². The summed E-state index contributed by atoms with van der Waals surface area (Å²) >= 11 is 0. The van der Waals surface area contributed by atoms with Gasteiger partial charge < -0.3 is 5.32 Å². The topological polar surface area (TPSA) is 42.7 Å². The fourth-order valence-electron chi connectivity index (χ4n) is 1.91. The van der Waals surface area contributed by atoms with E-state index in [-0.39, 0.29) is 5.82 Å². The first-order valence-corrected chi connectivity index (χ1v) is 6.61. The third kappa shape index (κ3) is 4.13. The molecule has 0 spiro atoms. The van der Waals surface area contributed by atoms with Crippen LogP contribution in [0.15, 0.2) is 30.6 Å². The van der Waals surface area contributed by atoms with E-state index in [9.17, 15) is 4.39 Å². The van der Waals surface area contributed by atoms with Gasteiger partial charge in [0.2, 0.25) is 0 Å². The predicted octanol–water partition coefficient (Wildman–Crippen LogP) is 2.16. The van der Waals surface area contributed by atoms with Crippen molar-refractivity contribution in [1.82, 2.24) is 20.1 Å². The Morgan fingerprint density at radius 2 is 2.05 bits per heavy atom. The quantitative estimate of drug-likeness (QED) is 0.778. The molecule has 0 radical (unpaired) electrons. The minimum Gasteiger partial charge on any atom is -0.310 e. The molecule has 5 heteroatoms. The summed E-state index contributed by atoms with van der Waals surface area (Å²) in [4.78, 5) is 4.23. The molecule has 0 aliphatic carbocycles. The van der Waals surface area contributed by atoms with Crippen molar-refractivity contribution >= 4 is 0 Å². The SMILES string of the molecule is CCCn1ncnc1CNCCc1ccc(F)cc1. The average Bonchev–Trinajstić information content (AvgIpc) is 2.85. The highest BCUT2D eigenvalue weighted by atomic mass is 19.1. The van der Waals surface area contributed by atoms with Crippen molar-refractivity contribution in [2.75, 3.05) is 6.54 Å². The number of hydrogen-bond donors (Lipinski definition) is 1. The Kier molecular flexibility index (Phi) is 5.03. The molecule has 102 valence electrons. The molecule has 4 nitrogen and oxygen atoms in total. The smallest absolute Gasteiger partial charge is 0.140 e. The van der Waals surface area contributed by atoms with Crippen LogP contribution in [-0.4, -0.2) is 21.3 Å². The van der Waals surface area contributed by atoms with E-state index in [1.165, 1.54) is 12.1 Å². The molecule has 0 atom stereocenters. The van der Waals surface area contributed by atoms with Gasteiger partial charge in [-0.3, -0.25) is 0 Å². The van der Waals surface area contributed by atoms with E-state index >= 15 is 0 Å². The number of nitrogens with zero attached hydrogens (tertiary/aromatic N) is 3. The molecule has 0 aliphatic heterocycles. The van der Waals surface area contributed by atoms with Gasteiger partial charge in [0, 0.05) is 6.54 Å². The summed E-state index contributed by atoms with van der Waals surface area (Å²) in [6, 6.07) is 6.62. The molecule has 0 saturated carbocycles. The van der Waals surface area contributed by atoms with Gasteiger partial charge >= 0.3 is 0 Å². The van der Waals surface area contributed by atoms with E-state index < -0.39 is 0 Å². The van der Waals surface area contributed by atoms with Gasteiger partial charge in [0.15, 0.2) is 0 Å². The first-order chi connectivity index (χ1) is 9.29. The van der Waals surface area contributed by atoms with Gasteiger partial charge in [-0.25, -0.2) is 14.1 Å². The van der Waals surface area contributed by atoms with E-state index in [4.69, 9.17) is 0 Å². The van der Waals surface area contributed by atoms with Crippen molar-refractivity contribution in [3.05, 3.63) is 47.8 Å². The molecule has 0 aliphatic rings. The number of nitrogens with one attached hydrogen (secondary N) is 1. The summed E-state index contributed by atoms with van der Waals surface area (Å²) in [7, 11) is 0. The largest absolute Gasteiger partial charge is 0.310 e. The maximum Gasteiger partial charge on any atom is 0.140 e. The predicted molar refractivity (Wildman–Crippen MR) is 72.1 cm³/mol. The molecule has 1 aromatic carbocycles. The molecule has 1 aromatic heterocycles. The highest BCUT2D eigenvalue weighted by Gasteiger charge is 2.02. The molecule has 0 saturated heterocycles. The standard InChI is InChI=1S/C14H19FN4/c1-2-9-19-14(17-11-18-19)10-16-8-7-12-3-5-13(15)6-4-12/h3-6,11,16H,2,7-10H2,1H3. The Bertz CT molecular complexity index is 492. The van der Waals surface area contributed by atoms with Gasteiger partial charge in [-0.05, 0) is 37.1 Å². The van der Waals surface area contributed by atoms with E-state index in [0.29, 0.717) is 6.54 Å². The third-order valence-corrected chi connectivity index (χ3v) is 2.92. The molecule has 19 heavy (non-hydrogen) atoms. The molecule has 2 aromatic rings. The van der Waals surface area contributed by atoms with Gasteiger partial charge in [0.1, 0.15) is 18.0 Å². The van der Waals surface area contributed by atoms with Gasteiger partial charge in [-0.15, -0.1) is 0 Å². The van der Waals surface area contributed by atoms with Crippen molar-refractivity contribution in [1.29, 1.82) is 0 Å². The number of hydrogen-bond acceptors (Lipinski definition) is 3. The second-order valence-electron chi connectivity index (χ2n) is 4.45. The third-order valence-electron chi connectivity index (χ3n) is 2.92. The van der Waals surface area contributed by atoms with Gasteiger partial charge in [-0.2, -0.15) is 5.10 Å².